The summed E-state index contributed by atoms with van der Waals surface area (Å²) < 4.78 is 17.9. The second kappa shape index (κ2) is 10.9. The van der Waals surface area contributed by atoms with Gasteiger partial charge in [-0.2, -0.15) is 5.06 Å². The van der Waals surface area contributed by atoms with Gasteiger partial charge in [-0.25, -0.2) is 24.3 Å². The largest absolute Gasteiger partial charge is 0.462 e. The maximum atomic E-state index is 13.4. The lowest BCUT2D eigenvalue weighted by Crippen LogP contribution is -2.38. The molecule has 0 aliphatic carbocycles. The summed E-state index contributed by atoms with van der Waals surface area (Å²) in [6.45, 7) is 6.10. The lowest BCUT2D eigenvalue weighted by Gasteiger charge is -2.21. The normalized spacial score (nSPS) is 24.2. The average molecular weight is 406 g/mol. The van der Waals surface area contributed by atoms with E-state index in [1.54, 1.807) is 6.92 Å². The first-order chi connectivity index (χ1) is 13.5. The zero-order chi connectivity index (χ0) is 20.5. The van der Waals surface area contributed by atoms with Crippen LogP contribution in [0.25, 0.3) is 0 Å². The smallest absolute Gasteiger partial charge is 0.370 e. The van der Waals surface area contributed by atoms with Crippen molar-refractivity contribution in [3.05, 3.63) is 11.6 Å². The number of hydrogen-bond acceptors (Lipinski definition) is 7. The van der Waals surface area contributed by atoms with E-state index in [2.05, 4.69) is 15.5 Å². The number of hydroxylamine groups is 3. The molecule has 0 unspecified atom stereocenters. The molecular formula is C17H31FN4O6. The van der Waals surface area contributed by atoms with E-state index in [1.165, 1.54) is 11.3 Å². The van der Waals surface area contributed by atoms with Crippen LogP contribution < -0.4 is 10.8 Å². The predicted molar refractivity (Wildman–Crippen MR) is 99.4 cm³/mol. The monoisotopic (exact) mass is 406 g/mol. The Morgan fingerprint density at radius 1 is 1.57 bits per heavy atom. The molecular weight excluding hydrogens is 375 g/mol. The van der Waals surface area contributed by atoms with E-state index in [-0.39, 0.29) is 15.5 Å². The van der Waals surface area contributed by atoms with Crippen LogP contribution in [-0.4, -0.2) is 79.7 Å². The summed E-state index contributed by atoms with van der Waals surface area (Å²) in [6, 6.07) is -0.355. The minimum Gasteiger partial charge on any atom is -0.462 e. The summed E-state index contributed by atoms with van der Waals surface area (Å²) in [5, 5.41) is 4.14. The Kier molecular flexibility index (Phi) is 8.61. The third-order valence-electron chi connectivity index (χ3n) is 4.34. The maximum absolute atomic E-state index is 13.4. The van der Waals surface area contributed by atoms with Crippen molar-refractivity contribution < 1.29 is 36.0 Å². The number of carbonyl (C=O) groups is 3. The Balaban J connectivity index is 0.000000604. The molecule has 0 radical (unpaired) electrons. The molecule has 28 heavy (non-hydrogen) atoms. The van der Waals surface area contributed by atoms with Gasteiger partial charge in [-0.15, -0.1) is 0 Å². The molecule has 162 valence electrons. The Labute approximate surface area is 165 Å². The zero-order valence-corrected chi connectivity index (χ0v) is 16.1. The number of halogens is 1. The third-order valence-corrected chi connectivity index (χ3v) is 4.34. The van der Waals surface area contributed by atoms with E-state index in [0.717, 1.165) is 23.6 Å². The number of nitrogens with zero attached hydrogens (tertiary/aromatic N) is 2. The summed E-state index contributed by atoms with van der Waals surface area (Å²) >= 11 is 0. The number of urea groups is 1. The Morgan fingerprint density at radius 2 is 2.36 bits per heavy atom. The second-order valence-electron chi connectivity index (χ2n) is 6.58. The van der Waals surface area contributed by atoms with Crippen LogP contribution in [-0.2, 0) is 24.0 Å². The number of fused-ring (bicyclic) bond motifs is 2. The van der Waals surface area contributed by atoms with Gasteiger partial charge in [-0.1, -0.05) is 11.6 Å². The molecule has 0 spiro atoms. The number of carbonyl (C=O) groups excluding carboxylic acids is 3. The Hall–Kier alpha value is -2.24. The quantitative estimate of drug-likeness (QED) is 0.201. The molecule has 3 amide bonds. The number of esters is 1. The molecule has 0 aromatic heterocycles. The fourth-order valence-corrected chi connectivity index (χ4v) is 3.15. The first kappa shape index (κ1) is 22.1. The molecule has 11 heteroatoms. The van der Waals surface area contributed by atoms with E-state index in [0.29, 0.717) is 32.1 Å². The molecule has 2 bridgehead atoms. The third kappa shape index (κ3) is 6.14. The highest BCUT2D eigenvalue weighted by molar-refractivity contribution is 5.78. The molecule has 3 heterocycles. The van der Waals surface area contributed by atoms with Gasteiger partial charge in [0.1, 0.15) is 0 Å². The van der Waals surface area contributed by atoms with Crippen molar-refractivity contribution in [2.75, 3.05) is 32.8 Å². The number of hydrogen-bond donors (Lipinski definition) is 2. The van der Waals surface area contributed by atoms with Gasteiger partial charge < -0.3 is 15.0 Å². The molecule has 2 fully saturated rings. The van der Waals surface area contributed by atoms with Crippen molar-refractivity contribution >= 4 is 18.4 Å². The molecule has 3 aliphatic heterocycles. The molecule has 3 aliphatic rings. The van der Waals surface area contributed by atoms with Crippen LogP contribution in [0.15, 0.2) is 11.6 Å². The highest BCUT2D eigenvalue weighted by Gasteiger charge is 2.42. The summed E-state index contributed by atoms with van der Waals surface area (Å²) in [4.78, 5) is 43.7. The maximum Gasteiger partial charge on any atom is 0.370 e. The molecule has 2 saturated heterocycles. The van der Waals surface area contributed by atoms with Crippen molar-refractivity contribution in [3.8, 4) is 0 Å². The molecule has 10 nitrogen and oxygen atoms in total. The summed E-state index contributed by atoms with van der Waals surface area (Å²) in [6.07, 6.45) is 2.44. The van der Waals surface area contributed by atoms with Crippen LogP contribution in [0.1, 0.15) is 29.5 Å². The molecule has 3 atom stereocenters. The Bertz CT molecular complexity index is 595. The summed E-state index contributed by atoms with van der Waals surface area (Å²) in [5.74, 6) is -1.12. The molecule has 0 saturated carbocycles. The molecule has 3 rings (SSSR count). The second-order valence-corrected chi connectivity index (χ2v) is 6.58. The topological polar surface area (TPSA) is 109 Å². The predicted octanol–water partition coefficient (Wildman–Crippen LogP) is 0.751. The Morgan fingerprint density at radius 3 is 3.00 bits per heavy atom. The van der Waals surface area contributed by atoms with Crippen LogP contribution in [0.5, 0.6) is 0 Å². The van der Waals surface area contributed by atoms with Crippen molar-refractivity contribution in [2.45, 2.75) is 45.1 Å². The van der Waals surface area contributed by atoms with Gasteiger partial charge in [-0.3, -0.25) is 9.63 Å². The SMILES string of the molecule is CCOC(=O)[C@H](F)ON1C(=O)N2CC(C)=C[C@@H]1C2.O=CNOC[C@@H]1CCCN1.[HH].[HH]. The van der Waals surface area contributed by atoms with Crippen molar-refractivity contribution in [1.82, 2.24) is 20.8 Å². The lowest BCUT2D eigenvalue weighted by atomic mass is 10.1. The van der Waals surface area contributed by atoms with Crippen LogP contribution in [0.2, 0.25) is 0 Å². The van der Waals surface area contributed by atoms with Gasteiger partial charge in [0.25, 0.3) is 0 Å². The molecule has 0 aromatic carbocycles. The first-order valence-corrected chi connectivity index (χ1v) is 9.23. The lowest BCUT2D eigenvalue weighted by molar-refractivity contribution is -0.223. The summed E-state index contributed by atoms with van der Waals surface area (Å²) in [7, 11) is 0. The van der Waals surface area contributed by atoms with Gasteiger partial charge in [0.2, 0.25) is 6.41 Å². The van der Waals surface area contributed by atoms with Gasteiger partial charge in [0.15, 0.2) is 0 Å². The minimum atomic E-state index is -2.27. The van der Waals surface area contributed by atoms with E-state index in [1.807, 2.05) is 13.0 Å². The van der Waals surface area contributed by atoms with E-state index >= 15 is 0 Å². The standard InChI is InChI=1S/C11H15FN2O4.C6H12N2O2.2H2/c1-3-17-10(15)9(12)18-14-8-4-7(2)5-13(6-8)11(14)16;9-5-8-10-4-6-2-1-3-7-6;;/h4,8-9H,3,5-6H2,1-2H3;5-7H,1-4H2,(H,8,9);2*1H/t8-,9-;6-;;/m10../s1. The van der Waals surface area contributed by atoms with Crippen LogP contribution in [0.4, 0.5) is 9.18 Å². The molecule has 2 N–H and O–H groups in total. The highest BCUT2D eigenvalue weighted by atomic mass is 19.1. The zero-order valence-electron chi connectivity index (χ0n) is 16.1. The number of rotatable bonds is 8. The van der Waals surface area contributed by atoms with Crippen LogP contribution in [0.3, 0.4) is 0 Å². The van der Waals surface area contributed by atoms with Gasteiger partial charge in [0.05, 0.1) is 19.3 Å². The van der Waals surface area contributed by atoms with Gasteiger partial charge >= 0.3 is 18.4 Å². The van der Waals surface area contributed by atoms with Crippen molar-refractivity contribution in [3.63, 3.8) is 0 Å². The number of amides is 3. The van der Waals surface area contributed by atoms with Crippen LogP contribution in [0, 0.1) is 0 Å². The fraction of sp³-hybridized carbons (Fsp3) is 0.706. The van der Waals surface area contributed by atoms with E-state index in [9.17, 15) is 18.8 Å². The highest BCUT2D eigenvalue weighted by Crippen LogP contribution is 2.25. The van der Waals surface area contributed by atoms with E-state index in [4.69, 9.17) is 9.68 Å². The van der Waals surface area contributed by atoms with Gasteiger partial charge in [-0.05, 0) is 33.2 Å². The minimum absolute atomic E-state index is 0. The molecule has 0 aromatic rings. The first-order valence-electron chi connectivity index (χ1n) is 9.23. The number of alkyl halides is 1. The number of ether oxygens (including phenoxy) is 1. The van der Waals surface area contributed by atoms with Gasteiger partial charge in [0, 0.05) is 22.0 Å². The fourth-order valence-electron chi connectivity index (χ4n) is 3.15. The van der Waals surface area contributed by atoms with Crippen LogP contribution >= 0.6 is 0 Å². The van der Waals surface area contributed by atoms with E-state index < -0.39 is 18.4 Å². The average Bonchev–Trinajstić information content (AvgIpc) is 3.25. The summed E-state index contributed by atoms with van der Waals surface area (Å²) in [5.41, 5.74) is 3.17. The van der Waals surface area contributed by atoms with Crippen molar-refractivity contribution in [1.29, 1.82) is 0 Å². The number of nitrogens with one attached hydrogen (secondary N) is 2. The van der Waals surface area contributed by atoms with Crippen molar-refractivity contribution in [2.24, 2.45) is 0 Å².